The summed E-state index contributed by atoms with van der Waals surface area (Å²) in [5, 5.41) is 23.6. The van der Waals surface area contributed by atoms with Crippen molar-refractivity contribution >= 4 is 23.1 Å². The van der Waals surface area contributed by atoms with Crippen molar-refractivity contribution in [2.75, 3.05) is 18.5 Å². The summed E-state index contributed by atoms with van der Waals surface area (Å²) in [7, 11) is 0. The molecule has 1 aromatic rings. The Kier molecular flexibility index (Phi) is 5.14. The molecule has 1 fully saturated rings. The van der Waals surface area contributed by atoms with Gasteiger partial charge in [-0.2, -0.15) is 0 Å². The van der Waals surface area contributed by atoms with Gasteiger partial charge in [-0.15, -0.1) is 0 Å². The lowest BCUT2D eigenvalue weighted by molar-refractivity contribution is -0.384. The zero-order chi connectivity index (χ0) is 14.5. The van der Waals surface area contributed by atoms with Crippen LogP contribution in [0.15, 0.2) is 12.3 Å². The average Bonchev–Trinajstić information content (AvgIpc) is 2.46. The van der Waals surface area contributed by atoms with Crippen molar-refractivity contribution < 1.29 is 10.0 Å². The third-order valence-electron chi connectivity index (χ3n) is 3.86. The van der Waals surface area contributed by atoms with Crippen molar-refractivity contribution in [1.82, 2.24) is 4.98 Å². The number of halogens is 1. The summed E-state index contributed by atoms with van der Waals surface area (Å²) < 4.78 is 0. The van der Waals surface area contributed by atoms with E-state index in [-0.39, 0.29) is 29.1 Å². The highest BCUT2D eigenvalue weighted by Gasteiger charge is 2.25. The highest BCUT2D eigenvalue weighted by molar-refractivity contribution is 6.30. The zero-order valence-corrected chi connectivity index (χ0v) is 11.8. The molecule has 0 aromatic carbocycles. The first-order chi connectivity index (χ1) is 9.61. The summed E-state index contributed by atoms with van der Waals surface area (Å²) in [5.41, 5.74) is -0.117. The van der Waals surface area contributed by atoms with Crippen LogP contribution in [0, 0.1) is 22.0 Å². The van der Waals surface area contributed by atoms with Crippen LogP contribution in [-0.2, 0) is 0 Å². The topological polar surface area (TPSA) is 88.3 Å². The molecular formula is C13H18ClN3O3. The molecule has 20 heavy (non-hydrogen) atoms. The Morgan fingerprint density at radius 3 is 2.80 bits per heavy atom. The fraction of sp³-hybridized carbons (Fsp3) is 0.615. The molecule has 0 spiro atoms. The van der Waals surface area contributed by atoms with E-state index >= 15 is 0 Å². The number of hydrogen-bond acceptors (Lipinski definition) is 5. The third-order valence-corrected chi connectivity index (χ3v) is 4.07. The molecule has 1 saturated carbocycles. The van der Waals surface area contributed by atoms with Gasteiger partial charge in [0.1, 0.15) is 0 Å². The number of aliphatic hydroxyl groups is 1. The summed E-state index contributed by atoms with van der Waals surface area (Å²) >= 11 is 5.73. The highest BCUT2D eigenvalue weighted by Crippen LogP contribution is 2.31. The van der Waals surface area contributed by atoms with Crippen molar-refractivity contribution in [3.8, 4) is 0 Å². The second-order valence-corrected chi connectivity index (χ2v) is 5.58. The van der Waals surface area contributed by atoms with E-state index in [4.69, 9.17) is 11.6 Å². The van der Waals surface area contributed by atoms with Crippen molar-refractivity contribution in [3.05, 3.63) is 27.4 Å². The first kappa shape index (κ1) is 15.0. The smallest absolute Gasteiger partial charge is 0.312 e. The number of rotatable bonds is 5. The minimum atomic E-state index is -0.494. The van der Waals surface area contributed by atoms with E-state index < -0.39 is 4.92 Å². The monoisotopic (exact) mass is 299 g/mol. The molecule has 0 amide bonds. The van der Waals surface area contributed by atoms with E-state index in [9.17, 15) is 15.2 Å². The van der Waals surface area contributed by atoms with Crippen molar-refractivity contribution in [2.24, 2.45) is 11.8 Å². The molecule has 6 nitrogen and oxygen atoms in total. The van der Waals surface area contributed by atoms with E-state index in [1.807, 2.05) is 0 Å². The maximum absolute atomic E-state index is 11.0. The van der Waals surface area contributed by atoms with Crippen molar-refractivity contribution in [2.45, 2.75) is 25.7 Å². The number of nitrogens with zero attached hydrogens (tertiary/aromatic N) is 2. The SMILES string of the molecule is O=[N+]([O-])c1cc(Cl)cnc1NCC1CCCCC1CO. The molecule has 2 atom stereocenters. The second kappa shape index (κ2) is 6.85. The molecule has 7 heteroatoms. The molecule has 0 radical (unpaired) electrons. The number of aromatic nitrogens is 1. The van der Waals surface area contributed by atoms with Crippen LogP contribution in [0.4, 0.5) is 11.5 Å². The van der Waals surface area contributed by atoms with E-state index in [1.165, 1.54) is 12.3 Å². The van der Waals surface area contributed by atoms with Crippen LogP contribution in [0.2, 0.25) is 5.02 Å². The van der Waals surface area contributed by atoms with Crippen LogP contribution in [0.3, 0.4) is 0 Å². The van der Waals surface area contributed by atoms with E-state index in [0.717, 1.165) is 25.7 Å². The summed E-state index contributed by atoms with van der Waals surface area (Å²) in [6.45, 7) is 0.753. The standard InChI is InChI=1S/C13H18ClN3O3/c14-11-5-12(17(19)20)13(16-7-11)15-6-9-3-1-2-4-10(9)8-18/h5,7,9-10,18H,1-4,6,8H2,(H,15,16). The van der Waals surface area contributed by atoms with Crippen LogP contribution < -0.4 is 5.32 Å². The number of aliphatic hydroxyl groups excluding tert-OH is 1. The minimum absolute atomic E-state index is 0.117. The Morgan fingerprint density at radius 2 is 2.15 bits per heavy atom. The van der Waals surface area contributed by atoms with Crippen LogP contribution in [-0.4, -0.2) is 28.2 Å². The zero-order valence-electron chi connectivity index (χ0n) is 11.1. The Hall–Kier alpha value is -1.40. The first-order valence-corrected chi connectivity index (χ1v) is 7.14. The van der Waals surface area contributed by atoms with Gasteiger partial charge in [0.05, 0.1) is 9.95 Å². The molecule has 0 aliphatic heterocycles. The van der Waals surface area contributed by atoms with Crippen LogP contribution in [0.5, 0.6) is 0 Å². The lowest BCUT2D eigenvalue weighted by atomic mass is 9.79. The summed E-state index contributed by atoms with van der Waals surface area (Å²) in [5.74, 6) is 0.829. The minimum Gasteiger partial charge on any atom is -0.396 e. The number of nitro groups is 1. The largest absolute Gasteiger partial charge is 0.396 e. The van der Waals surface area contributed by atoms with Gasteiger partial charge in [-0.25, -0.2) is 4.98 Å². The lowest BCUT2D eigenvalue weighted by Gasteiger charge is -2.30. The number of hydrogen-bond donors (Lipinski definition) is 2. The molecule has 0 bridgehead atoms. The van der Waals surface area contributed by atoms with Gasteiger partial charge in [0.2, 0.25) is 5.82 Å². The molecule has 2 N–H and O–H groups in total. The van der Waals surface area contributed by atoms with Gasteiger partial charge in [-0.1, -0.05) is 24.4 Å². The second-order valence-electron chi connectivity index (χ2n) is 5.15. The summed E-state index contributed by atoms with van der Waals surface area (Å²) in [4.78, 5) is 14.5. The van der Waals surface area contributed by atoms with Crippen molar-refractivity contribution in [3.63, 3.8) is 0 Å². The number of nitrogens with one attached hydrogen (secondary N) is 1. The van der Waals surface area contributed by atoms with Gasteiger partial charge in [0.25, 0.3) is 0 Å². The van der Waals surface area contributed by atoms with E-state index in [2.05, 4.69) is 10.3 Å². The molecule has 1 aliphatic carbocycles. The summed E-state index contributed by atoms with van der Waals surface area (Å²) in [6, 6.07) is 1.29. The Balaban J connectivity index is 2.04. The maximum Gasteiger partial charge on any atom is 0.312 e. The van der Waals surface area contributed by atoms with Gasteiger partial charge < -0.3 is 10.4 Å². The molecule has 1 aromatic heterocycles. The molecule has 110 valence electrons. The van der Waals surface area contributed by atoms with Gasteiger partial charge in [-0.3, -0.25) is 10.1 Å². The van der Waals surface area contributed by atoms with Crippen molar-refractivity contribution in [1.29, 1.82) is 0 Å². The lowest BCUT2D eigenvalue weighted by Crippen LogP contribution is -2.29. The highest BCUT2D eigenvalue weighted by atomic mass is 35.5. The van der Waals surface area contributed by atoms with Gasteiger partial charge >= 0.3 is 5.69 Å². The molecular weight excluding hydrogens is 282 g/mol. The Labute approximate surface area is 122 Å². The maximum atomic E-state index is 11.0. The van der Waals surface area contributed by atoms with E-state index in [0.29, 0.717) is 12.5 Å². The quantitative estimate of drug-likeness (QED) is 0.644. The predicted octanol–water partition coefficient (Wildman–Crippen LogP) is 2.85. The molecule has 2 unspecified atom stereocenters. The molecule has 2 rings (SSSR count). The van der Waals surface area contributed by atoms with Crippen LogP contribution >= 0.6 is 11.6 Å². The molecule has 1 heterocycles. The van der Waals surface area contributed by atoms with Gasteiger partial charge in [0, 0.05) is 25.4 Å². The van der Waals surface area contributed by atoms with Crippen LogP contribution in [0.25, 0.3) is 0 Å². The fourth-order valence-corrected chi connectivity index (χ4v) is 2.88. The predicted molar refractivity (Wildman–Crippen MR) is 76.9 cm³/mol. The number of pyridine rings is 1. The fourth-order valence-electron chi connectivity index (χ4n) is 2.73. The summed E-state index contributed by atoms with van der Waals surface area (Å²) in [6.07, 6.45) is 5.71. The molecule has 1 aliphatic rings. The molecule has 0 saturated heterocycles. The normalized spacial score (nSPS) is 22.5. The third kappa shape index (κ3) is 3.58. The first-order valence-electron chi connectivity index (χ1n) is 6.76. The Bertz CT molecular complexity index is 484. The van der Waals surface area contributed by atoms with E-state index in [1.54, 1.807) is 0 Å². The Morgan fingerprint density at radius 1 is 1.45 bits per heavy atom. The van der Waals surface area contributed by atoms with Gasteiger partial charge in [0.15, 0.2) is 0 Å². The van der Waals surface area contributed by atoms with Crippen LogP contribution in [0.1, 0.15) is 25.7 Å². The number of anilines is 1. The van der Waals surface area contributed by atoms with Gasteiger partial charge in [-0.05, 0) is 24.7 Å². The average molecular weight is 300 g/mol.